The van der Waals surface area contributed by atoms with Crippen LogP contribution in [0.25, 0.3) is 0 Å². The van der Waals surface area contributed by atoms with Crippen LogP contribution < -0.4 is 15.4 Å². The predicted molar refractivity (Wildman–Crippen MR) is 125 cm³/mol. The van der Waals surface area contributed by atoms with Gasteiger partial charge >= 0.3 is 0 Å². The van der Waals surface area contributed by atoms with Crippen LogP contribution in [0.3, 0.4) is 0 Å². The molecule has 0 atom stereocenters. The van der Waals surface area contributed by atoms with Crippen LogP contribution in [-0.4, -0.2) is 39.9 Å². The Morgan fingerprint density at radius 3 is 2.31 bits per heavy atom. The minimum atomic E-state index is -0.212. The number of methoxy groups -OCH3 is 1. The van der Waals surface area contributed by atoms with Gasteiger partial charge in [0.05, 0.1) is 7.11 Å². The van der Waals surface area contributed by atoms with Gasteiger partial charge in [0.15, 0.2) is 5.96 Å². The van der Waals surface area contributed by atoms with Crippen LogP contribution in [0, 0.1) is 5.82 Å². The molecule has 5 nitrogen and oxygen atoms in total. The lowest BCUT2D eigenvalue weighted by Gasteiger charge is -2.38. The molecule has 0 spiro atoms. The van der Waals surface area contributed by atoms with E-state index in [2.05, 4.69) is 15.6 Å². The number of nitrogens with one attached hydrogen (secondary N) is 2. The first-order valence-corrected chi connectivity index (χ1v) is 9.56. The van der Waals surface area contributed by atoms with Crippen molar-refractivity contribution in [1.29, 1.82) is 0 Å². The molecule has 0 amide bonds. The highest BCUT2D eigenvalue weighted by atomic mass is 127. The summed E-state index contributed by atoms with van der Waals surface area (Å²) in [5, 5.41) is 6.80. The second-order valence-electron chi connectivity index (χ2n) is 7.03. The van der Waals surface area contributed by atoms with Crippen molar-refractivity contribution in [2.45, 2.75) is 24.8 Å². The van der Waals surface area contributed by atoms with Gasteiger partial charge in [0.2, 0.25) is 0 Å². The Kier molecular flexibility index (Phi) is 9.16. The number of rotatable bonds is 6. The molecule has 2 aromatic carbocycles. The molecule has 2 N–H and O–H groups in total. The summed E-state index contributed by atoms with van der Waals surface area (Å²) in [4.78, 5) is 4.34. The summed E-state index contributed by atoms with van der Waals surface area (Å²) in [5.74, 6) is 1.37. The summed E-state index contributed by atoms with van der Waals surface area (Å²) in [7, 11) is 3.42. The molecule has 1 fully saturated rings. The first kappa shape index (κ1) is 23.4. The summed E-state index contributed by atoms with van der Waals surface area (Å²) in [6.07, 6.45) is 1.78. The van der Waals surface area contributed by atoms with Gasteiger partial charge in [-0.3, -0.25) is 4.99 Å². The molecule has 1 heterocycles. The van der Waals surface area contributed by atoms with Gasteiger partial charge in [-0.15, -0.1) is 24.0 Å². The second kappa shape index (κ2) is 11.3. The fraction of sp³-hybridized carbons (Fsp3) is 0.409. The number of benzene rings is 2. The zero-order valence-electron chi connectivity index (χ0n) is 16.9. The standard InChI is InChI=1S/C22H28FN3O2.HI/c1-24-21(25-15-17-3-9-20(27-2)10-4-17)26-16-22(11-13-28-14-12-22)18-5-7-19(23)8-6-18;/h3-10H,11-16H2,1-2H3,(H2,24,25,26);1H. The number of aliphatic imine (C=N–C) groups is 1. The van der Waals surface area contributed by atoms with E-state index in [9.17, 15) is 4.39 Å². The zero-order chi connectivity index (χ0) is 19.8. The third kappa shape index (κ3) is 6.30. The normalized spacial score (nSPS) is 15.9. The number of hydrogen-bond acceptors (Lipinski definition) is 3. The van der Waals surface area contributed by atoms with Gasteiger partial charge < -0.3 is 20.1 Å². The van der Waals surface area contributed by atoms with Crippen LogP contribution >= 0.6 is 24.0 Å². The van der Waals surface area contributed by atoms with E-state index in [0.29, 0.717) is 26.3 Å². The fourth-order valence-corrected chi connectivity index (χ4v) is 3.54. The Labute approximate surface area is 189 Å². The van der Waals surface area contributed by atoms with Crippen molar-refractivity contribution in [2.75, 3.05) is 33.9 Å². The molecule has 158 valence electrons. The molecular formula is C22H29FIN3O2. The maximum atomic E-state index is 13.4. The van der Waals surface area contributed by atoms with Crippen molar-refractivity contribution in [1.82, 2.24) is 10.6 Å². The van der Waals surface area contributed by atoms with Crippen LogP contribution in [0.4, 0.5) is 4.39 Å². The summed E-state index contributed by atoms with van der Waals surface area (Å²) in [6, 6.07) is 14.8. The van der Waals surface area contributed by atoms with Crippen LogP contribution in [0.5, 0.6) is 5.75 Å². The predicted octanol–water partition coefficient (Wildman–Crippen LogP) is 3.87. The number of hydrogen-bond donors (Lipinski definition) is 2. The average Bonchev–Trinajstić information content (AvgIpc) is 2.75. The second-order valence-corrected chi connectivity index (χ2v) is 7.03. The Morgan fingerprint density at radius 1 is 1.07 bits per heavy atom. The molecule has 0 radical (unpaired) electrons. The average molecular weight is 513 g/mol. The van der Waals surface area contributed by atoms with Crippen LogP contribution in [-0.2, 0) is 16.7 Å². The Hall–Kier alpha value is -1.87. The topological polar surface area (TPSA) is 54.9 Å². The highest BCUT2D eigenvalue weighted by Crippen LogP contribution is 2.34. The van der Waals surface area contributed by atoms with E-state index in [0.717, 1.165) is 35.7 Å². The van der Waals surface area contributed by atoms with E-state index >= 15 is 0 Å². The van der Waals surface area contributed by atoms with Gasteiger partial charge in [-0.1, -0.05) is 24.3 Å². The van der Waals surface area contributed by atoms with Gasteiger partial charge in [0.25, 0.3) is 0 Å². The summed E-state index contributed by atoms with van der Waals surface area (Å²) < 4.78 is 24.1. The molecule has 2 aromatic rings. The highest BCUT2D eigenvalue weighted by molar-refractivity contribution is 14.0. The van der Waals surface area contributed by atoms with Crippen LogP contribution in [0.2, 0.25) is 0 Å². The molecule has 0 aromatic heterocycles. The van der Waals surface area contributed by atoms with Gasteiger partial charge in [0, 0.05) is 38.8 Å². The summed E-state index contributed by atoms with van der Waals surface area (Å²) in [6.45, 7) is 2.79. The molecule has 0 bridgehead atoms. The molecule has 0 unspecified atom stereocenters. The Morgan fingerprint density at radius 2 is 1.72 bits per heavy atom. The zero-order valence-corrected chi connectivity index (χ0v) is 19.2. The SMILES string of the molecule is CN=C(NCc1ccc(OC)cc1)NCC1(c2ccc(F)cc2)CCOCC1.I. The highest BCUT2D eigenvalue weighted by Gasteiger charge is 2.34. The van der Waals surface area contributed by atoms with E-state index in [-0.39, 0.29) is 35.2 Å². The van der Waals surface area contributed by atoms with Crippen molar-refractivity contribution >= 4 is 29.9 Å². The lowest BCUT2D eigenvalue weighted by Crippen LogP contribution is -2.47. The first-order chi connectivity index (χ1) is 13.6. The molecule has 1 saturated heterocycles. The van der Waals surface area contributed by atoms with E-state index in [4.69, 9.17) is 9.47 Å². The van der Waals surface area contributed by atoms with E-state index < -0.39 is 0 Å². The summed E-state index contributed by atoms with van der Waals surface area (Å²) in [5.41, 5.74) is 2.18. The molecule has 0 aliphatic carbocycles. The smallest absolute Gasteiger partial charge is 0.191 e. The molecular weight excluding hydrogens is 484 g/mol. The third-order valence-electron chi connectivity index (χ3n) is 5.34. The van der Waals surface area contributed by atoms with Gasteiger partial charge in [0.1, 0.15) is 11.6 Å². The molecule has 7 heteroatoms. The van der Waals surface area contributed by atoms with Crippen molar-refractivity contribution < 1.29 is 13.9 Å². The van der Waals surface area contributed by atoms with Crippen molar-refractivity contribution in [3.8, 4) is 5.75 Å². The minimum Gasteiger partial charge on any atom is -0.497 e. The Balaban J connectivity index is 0.00000300. The monoisotopic (exact) mass is 513 g/mol. The quantitative estimate of drug-likeness (QED) is 0.350. The molecule has 0 saturated carbocycles. The number of halogens is 2. The Bertz CT molecular complexity index is 776. The van der Waals surface area contributed by atoms with Gasteiger partial charge in [-0.2, -0.15) is 0 Å². The lowest BCUT2D eigenvalue weighted by atomic mass is 9.74. The molecule has 1 aliphatic heterocycles. The number of nitrogens with zero attached hydrogens (tertiary/aromatic N) is 1. The number of guanidine groups is 1. The van der Waals surface area contributed by atoms with E-state index in [1.807, 2.05) is 36.4 Å². The van der Waals surface area contributed by atoms with E-state index in [1.54, 1.807) is 14.2 Å². The van der Waals surface area contributed by atoms with E-state index in [1.165, 1.54) is 12.1 Å². The number of ether oxygens (including phenoxy) is 2. The lowest BCUT2D eigenvalue weighted by molar-refractivity contribution is 0.0513. The molecule has 29 heavy (non-hydrogen) atoms. The maximum Gasteiger partial charge on any atom is 0.191 e. The van der Waals surface area contributed by atoms with Crippen LogP contribution in [0.1, 0.15) is 24.0 Å². The fourth-order valence-electron chi connectivity index (χ4n) is 3.54. The largest absolute Gasteiger partial charge is 0.497 e. The minimum absolute atomic E-state index is 0. The molecule has 1 aliphatic rings. The van der Waals surface area contributed by atoms with Crippen molar-refractivity contribution in [3.63, 3.8) is 0 Å². The van der Waals surface area contributed by atoms with Gasteiger partial charge in [-0.25, -0.2) is 4.39 Å². The first-order valence-electron chi connectivity index (χ1n) is 9.56. The maximum absolute atomic E-state index is 13.4. The summed E-state index contributed by atoms with van der Waals surface area (Å²) >= 11 is 0. The van der Waals surface area contributed by atoms with Gasteiger partial charge in [-0.05, 0) is 48.2 Å². The third-order valence-corrected chi connectivity index (χ3v) is 5.34. The van der Waals surface area contributed by atoms with Crippen molar-refractivity contribution in [3.05, 3.63) is 65.5 Å². The molecule has 3 rings (SSSR count). The van der Waals surface area contributed by atoms with Crippen molar-refractivity contribution in [2.24, 2.45) is 4.99 Å². The van der Waals surface area contributed by atoms with Crippen LogP contribution in [0.15, 0.2) is 53.5 Å².